The van der Waals surface area contributed by atoms with E-state index >= 15 is 0 Å². The maximum absolute atomic E-state index is 11.7. The molecule has 1 aliphatic heterocycles. The van der Waals surface area contributed by atoms with Crippen LogP contribution in [0.5, 0.6) is 0 Å². The van der Waals surface area contributed by atoms with Gasteiger partial charge < -0.3 is 10.1 Å². The fourth-order valence-corrected chi connectivity index (χ4v) is 5.56. The Morgan fingerprint density at radius 2 is 2.35 bits per heavy atom. The van der Waals surface area contributed by atoms with Crippen LogP contribution in [0.3, 0.4) is 0 Å². The summed E-state index contributed by atoms with van der Waals surface area (Å²) in [6.45, 7) is 5.02. The molecule has 0 radical (unpaired) electrons. The molecule has 2 heterocycles. The summed E-state index contributed by atoms with van der Waals surface area (Å²) in [6.07, 6.45) is 4.35. The van der Waals surface area contributed by atoms with Crippen LogP contribution >= 0.6 is 22.9 Å². The maximum Gasteiger partial charge on any atom is 0.217 e. The molecule has 1 amide bonds. The largest absolute Gasteiger partial charge is 0.370 e. The summed E-state index contributed by atoms with van der Waals surface area (Å²) >= 11 is 7.98. The Kier molecular flexibility index (Phi) is 5.24. The predicted molar refractivity (Wildman–Crippen MR) is 107 cm³/mol. The van der Waals surface area contributed by atoms with Gasteiger partial charge in [-0.3, -0.25) is 9.69 Å². The van der Waals surface area contributed by atoms with E-state index in [1.807, 2.05) is 6.07 Å². The zero-order valence-electron chi connectivity index (χ0n) is 15.1. The molecule has 0 bridgehead atoms. The van der Waals surface area contributed by atoms with Gasteiger partial charge in [-0.05, 0) is 47.4 Å². The molecule has 26 heavy (non-hydrogen) atoms. The summed E-state index contributed by atoms with van der Waals surface area (Å²) in [7, 11) is 0. The summed E-state index contributed by atoms with van der Waals surface area (Å²) in [5, 5.41) is 7.44. The Morgan fingerprint density at radius 1 is 1.46 bits per heavy atom. The second-order valence-corrected chi connectivity index (χ2v) is 8.87. The van der Waals surface area contributed by atoms with Gasteiger partial charge >= 0.3 is 0 Å². The number of hydrogen-bond acceptors (Lipinski definition) is 4. The van der Waals surface area contributed by atoms with Gasteiger partial charge in [0, 0.05) is 36.3 Å². The lowest BCUT2D eigenvalue weighted by atomic mass is 9.78. The van der Waals surface area contributed by atoms with Gasteiger partial charge in [0.1, 0.15) is 5.60 Å². The van der Waals surface area contributed by atoms with Gasteiger partial charge in [0.2, 0.25) is 5.91 Å². The van der Waals surface area contributed by atoms with E-state index < -0.39 is 0 Å². The van der Waals surface area contributed by atoms with Gasteiger partial charge in [-0.2, -0.15) is 0 Å². The first kappa shape index (κ1) is 18.2. The highest BCUT2D eigenvalue weighted by Crippen LogP contribution is 2.36. The Hall–Kier alpha value is -1.14. The fraction of sp³-hybridized carbons (Fsp3) is 0.550. The summed E-state index contributed by atoms with van der Waals surface area (Å²) in [4.78, 5) is 14.1. The van der Waals surface area contributed by atoms with Crippen LogP contribution in [0.15, 0.2) is 23.6 Å². The summed E-state index contributed by atoms with van der Waals surface area (Å²) in [6, 6.07) is 6.24. The molecule has 2 fully saturated rings. The number of morpholine rings is 1. The van der Waals surface area contributed by atoms with Gasteiger partial charge in [0.05, 0.1) is 12.6 Å². The number of thiophene rings is 1. The average Bonchev–Trinajstić information content (AvgIpc) is 2.99. The predicted octanol–water partition coefficient (Wildman–Crippen LogP) is 4.20. The van der Waals surface area contributed by atoms with Crippen LogP contribution in [0.2, 0.25) is 5.02 Å². The van der Waals surface area contributed by atoms with Crippen LogP contribution in [0, 0.1) is 0 Å². The van der Waals surface area contributed by atoms with E-state index in [0.29, 0.717) is 0 Å². The standard InChI is InChI=1S/C20H25ClN2O2S/c1-14(24)22-19-4-2-3-7-20(19)13-23(8-9-25-20)11-15-12-26-18-6-5-16(21)10-17(15)18/h5-6,10,12,19H,2-4,7-9,11,13H2,1H3,(H,22,24). The molecular weight excluding hydrogens is 368 g/mol. The number of hydrogen-bond donors (Lipinski definition) is 1. The molecule has 1 aromatic heterocycles. The number of amides is 1. The number of carbonyl (C=O) groups excluding carboxylic acids is 1. The van der Waals surface area contributed by atoms with Crippen LogP contribution in [0.25, 0.3) is 10.1 Å². The third-order valence-electron chi connectivity index (χ3n) is 5.65. The van der Waals surface area contributed by atoms with E-state index in [9.17, 15) is 4.79 Å². The highest BCUT2D eigenvalue weighted by atomic mass is 35.5. The number of carbonyl (C=O) groups is 1. The highest BCUT2D eigenvalue weighted by molar-refractivity contribution is 7.17. The van der Waals surface area contributed by atoms with Crippen LogP contribution in [-0.4, -0.2) is 42.1 Å². The zero-order chi connectivity index (χ0) is 18.1. The molecule has 1 saturated carbocycles. The van der Waals surface area contributed by atoms with Gasteiger partial charge in [-0.25, -0.2) is 0 Å². The van der Waals surface area contributed by atoms with E-state index in [4.69, 9.17) is 16.3 Å². The second kappa shape index (κ2) is 7.47. The molecule has 2 aliphatic rings. The van der Waals surface area contributed by atoms with Crippen molar-refractivity contribution in [2.45, 2.75) is 50.8 Å². The topological polar surface area (TPSA) is 41.6 Å². The van der Waals surface area contributed by atoms with Gasteiger partial charge in [-0.1, -0.05) is 24.4 Å². The molecular formula is C20H25ClN2O2S. The van der Waals surface area contributed by atoms with Gasteiger partial charge in [0.25, 0.3) is 0 Å². The van der Waals surface area contributed by atoms with Crippen molar-refractivity contribution in [2.75, 3.05) is 19.7 Å². The molecule has 4 rings (SSSR count). The van der Waals surface area contributed by atoms with Crippen molar-refractivity contribution in [3.05, 3.63) is 34.2 Å². The van der Waals surface area contributed by atoms with Crippen molar-refractivity contribution in [3.8, 4) is 0 Å². The van der Waals surface area contributed by atoms with Crippen molar-refractivity contribution in [1.29, 1.82) is 0 Å². The lowest BCUT2D eigenvalue weighted by Crippen LogP contribution is -2.63. The van der Waals surface area contributed by atoms with Crippen LogP contribution in [0.1, 0.15) is 38.2 Å². The number of ether oxygens (including phenoxy) is 1. The maximum atomic E-state index is 11.7. The molecule has 1 spiro atoms. The number of rotatable bonds is 3. The monoisotopic (exact) mass is 392 g/mol. The first-order chi connectivity index (χ1) is 12.6. The number of benzene rings is 1. The lowest BCUT2D eigenvalue weighted by Gasteiger charge is -2.49. The van der Waals surface area contributed by atoms with E-state index in [2.05, 4.69) is 27.7 Å². The first-order valence-electron chi connectivity index (χ1n) is 9.35. The molecule has 1 aromatic carbocycles. The summed E-state index contributed by atoms with van der Waals surface area (Å²) in [5.74, 6) is 0.0375. The minimum atomic E-state index is -0.244. The van der Waals surface area contributed by atoms with Crippen LogP contribution in [-0.2, 0) is 16.1 Å². The molecule has 4 nitrogen and oxygen atoms in total. The van der Waals surface area contributed by atoms with E-state index in [-0.39, 0.29) is 17.6 Å². The van der Waals surface area contributed by atoms with Crippen molar-refractivity contribution >= 4 is 38.9 Å². The number of fused-ring (bicyclic) bond motifs is 1. The number of nitrogens with zero attached hydrogens (tertiary/aromatic N) is 1. The minimum Gasteiger partial charge on any atom is -0.370 e. The molecule has 1 aliphatic carbocycles. The second-order valence-electron chi connectivity index (χ2n) is 7.52. The molecule has 1 N–H and O–H groups in total. The quantitative estimate of drug-likeness (QED) is 0.850. The van der Waals surface area contributed by atoms with Crippen molar-refractivity contribution < 1.29 is 9.53 Å². The third-order valence-corrected chi connectivity index (χ3v) is 6.90. The number of nitrogens with one attached hydrogen (secondary N) is 1. The Morgan fingerprint density at radius 3 is 3.19 bits per heavy atom. The Balaban J connectivity index is 1.54. The molecule has 140 valence electrons. The number of halogens is 1. The van der Waals surface area contributed by atoms with Crippen molar-refractivity contribution in [1.82, 2.24) is 10.2 Å². The smallest absolute Gasteiger partial charge is 0.217 e. The SMILES string of the molecule is CC(=O)NC1CCCCC12CN(Cc1csc3ccc(Cl)cc13)CCO2. The minimum absolute atomic E-state index is 0.0375. The van der Waals surface area contributed by atoms with E-state index in [1.165, 1.54) is 22.1 Å². The first-order valence-corrected chi connectivity index (χ1v) is 10.6. The molecule has 2 atom stereocenters. The molecule has 1 saturated heterocycles. The Bertz CT molecular complexity index is 804. The Labute approximate surface area is 163 Å². The van der Waals surface area contributed by atoms with Crippen LogP contribution < -0.4 is 5.32 Å². The van der Waals surface area contributed by atoms with Crippen molar-refractivity contribution in [3.63, 3.8) is 0 Å². The average molecular weight is 393 g/mol. The molecule has 2 unspecified atom stereocenters. The van der Waals surface area contributed by atoms with Crippen LogP contribution in [0.4, 0.5) is 0 Å². The summed E-state index contributed by atoms with van der Waals surface area (Å²) in [5.41, 5.74) is 1.09. The molecule has 2 aromatic rings. The van der Waals surface area contributed by atoms with Crippen molar-refractivity contribution in [2.24, 2.45) is 0 Å². The van der Waals surface area contributed by atoms with E-state index in [1.54, 1.807) is 18.3 Å². The highest BCUT2D eigenvalue weighted by Gasteiger charge is 2.45. The van der Waals surface area contributed by atoms with E-state index in [0.717, 1.165) is 50.5 Å². The third kappa shape index (κ3) is 3.63. The lowest BCUT2D eigenvalue weighted by molar-refractivity contribution is -0.150. The fourth-order valence-electron chi connectivity index (χ4n) is 4.45. The summed E-state index contributed by atoms with van der Waals surface area (Å²) < 4.78 is 7.58. The normalized spacial score (nSPS) is 27.1. The van der Waals surface area contributed by atoms with Gasteiger partial charge in [-0.15, -0.1) is 11.3 Å². The molecule has 6 heteroatoms. The zero-order valence-corrected chi connectivity index (χ0v) is 16.7. The van der Waals surface area contributed by atoms with Gasteiger partial charge in [0.15, 0.2) is 0 Å².